The molecule has 0 saturated carbocycles. The maximum Gasteiger partial charge on any atom is 0.191 e. The fourth-order valence-electron chi connectivity index (χ4n) is 1.20. The van der Waals surface area contributed by atoms with Crippen LogP contribution in [-0.2, 0) is 0 Å². The second-order valence-electron chi connectivity index (χ2n) is 4.22. The average Bonchev–Trinajstić information content (AvgIpc) is 2.10. The van der Waals surface area contributed by atoms with Gasteiger partial charge in [0.15, 0.2) is 5.96 Å². The first-order chi connectivity index (χ1) is 6.47. The molecule has 0 aromatic rings. The third-order valence-corrected chi connectivity index (χ3v) is 1.96. The Kier molecular flexibility index (Phi) is 6.28. The van der Waals surface area contributed by atoms with Gasteiger partial charge in [-0.15, -0.1) is 0 Å². The summed E-state index contributed by atoms with van der Waals surface area (Å²) in [5.74, 6) is 1.25. The number of rotatable bonds is 5. The van der Waals surface area contributed by atoms with Gasteiger partial charge in [-0.2, -0.15) is 0 Å². The first-order valence-electron chi connectivity index (χ1n) is 5.09. The second kappa shape index (κ2) is 6.65. The van der Waals surface area contributed by atoms with E-state index >= 15 is 0 Å². The zero-order chi connectivity index (χ0) is 11.1. The van der Waals surface area contributed by atoms with Crippen LogP contribution in [0.1, 0.15) is 13.8 Å². The van der Waals surface area contributed by atoms with Crippen molar-refractivity contribution in [3.05, 3.63) is 0 Å². The third-order valence-electron chi connectivity index (χ3n) is 1.96. The predicted octanol–water partition coefficient (Wildman–Crippen LogP) is 0.451. The summed E-state index contributed by atoms with van der Waals surface area (Å²) in [6.45, 7) is 7.28. The van der Waals surface area contributed by atoms with Crippen LogP contribution in [-0.4, -0.2) is 56.5 Å². The molecule has 0 aliphatic heterocycles. The Balaban J connectivity index is 4.11. The zero-order valence-corrected chi connectivity index (χ0v) is 10.1. The lowest BCUT2D eigenvalue weighted by Gasteiger charge is -2.26. The van der Waals surface area contributed by atoms with E-state index in [2.05, 4.69) is 42.7 Å². The van der Waals surface area contributed by atoms with E-state index in [1.807, 2.05) is 0 Å². The van der Waals surface area contributed by atoms with Crippen molar-refractivity contribution < 1.29 is 0 Å². The molecule has 0 saturated heterocycles. The van der Waals surface area contributed by atoms with E-state index in [1.54, 1.807) is 7.05 Å². The fraction of sp³-hybridized carbons (Fsp3) is 0.900. The Bertz CT molecular complexity index is 175. The number of hydrogen-bond donors (Lipinski definition) is 1. The monoisotopic (exact) mass is 200 g/mol. The highest BCUT2D eigenvalue weighted by molar-refractivity contribution is 5.77. The Morgan fingerprint density at radius 1 is 1.29 bits per heavy atom. The van der Waals surface area contributed by atoms with Crippen LogP contribution in [0.25, 0.3) is 0 Å². The van der Waals surface area contributed by atoms with Gasteiger partial charge in [-0.3, -0.25) is 4.99 Å². The molecule has 0 amide bonds. The summed E-state index contributed by atoms with van der Waals surface area (Å²) in [6, 6.07) is 0. The van der Waals surface area contributed by atoms with Crippen molar-refractivity contribution in [2.45, 2.75) is 13.8 Å². The molecule has 0 unspecified atom stereocenters. The van der Waals surface area contributed by atoms with Crippen LogP contribution in [0.2, 0.25) is 0 Å². The van der Waals surface area contributed by atoms with Crippen molar-refractivity contribution in [3.8, 4) is 0 Å². The summed E-state index contributed by atoms with van der Waals surface area (Å²) in [4.78, 5) is 8.30. The number of guanidine groups is 1. The molecule has 0 bridgehead atoms. The minimum atomic E-state index is 0.609. The molecule has 14 heavy (non-hydrogen) atoms. The van der Waals surface area contributed by atoms with Crippen LogP contribution in [0.5, 0.6) is 0 Å². The van der Waals surface area contributed by atoms with Crippen molar-refractivity contribution >= 4 is 5.96 Å². The summed E-state index contributed by atoms with van der Waals surface area (Å²) in [5.41, 5.74) is 5.81. The highest BCUT2D eigenvalue weighted by Crippen LogP contribution is 1.98. The molecule has 84 valence electrons. The molecule has 0 spiro atoms. The van der Waals surface area contributed by atoms with E-state index in [9.17, 15) is 0 Å². The van der Waals surface area contributed by atoms with E-state index in [1.165, 1.54) is 0 Å². The molecule has 0 aliphatic rings. The first kappa shape index (κ1) is 13.2. The summed E-state index contributed by atoms with van der Waals surface area (Å²) in [6.07, 6.45) is 0. The lowest BCUT2D eigenvalue weighted by molar-refractivity contribution is 0.305. The van der Waals surface area contributed by atoms with Crippen molar-refractivity contribution in [2.24, 2.45) is 16.6 Å². The molecule has 0 radical (unpaired) electrons. The molecule has 0 heterocycles. The SMILES string of the molecule is CN=C(N)N(CCN(C)C)CC(C)C. The van der Waals surface area contributed by atoms with Crippen molar-refractivity contribution in [3.63, 3.8) is 0 Å². The van der Waals surface area contributed by atoms with E-state index in [4.69, 9.17) is 5.73 Å². The summed E-state index contributed by atoms with van der Waals surface area (Å²) < 4.78 is 0. The van der Waals surface area contributed by atoms with Gasteiger partial charge in [0.25, 0.3) is 0 Å². The van der Waals surface area contributed by atoms with Crippen molar-refractivity contribution in [1.82, 2.24) is 9.80 Å². The first-order valence-corrected chi connectivity index (χ1v) is 5.09. The summed E-state index contributed by atoms with van der Waals surface area (Å²) in [7, 11) is 5.86. The normalized spacial score (nSPS) is 12.6. The van der Waals surface area contributed by atoms with Crippen LogP contribution in [0.15, 0.2) is 4.99 Å². The largest absolute Gasteiger partial charge is 0.370 e. The number of nitrogens with two attached hydrogens (primary N) is 1. The molecule has 0 fully saturated rings. The molecule has 0 atom stereocenters. The average molecular weight is 200 g/mol. The van der Waals surface area contributed by atoms with Crippen LogP contribution in [0, 0.1) is 5.92 Å². The van der Waals surface area contributed by atoms with E-state index in [0.29, 0.717) is 11.9 Å². The molecule has 4 nitrogen and oxygen atoms in total. The van der Waals surface area contributed by atoms with Crippen LogP contribution in [0.3, 0.4) is 0 Å². The standard InChI is InChI=1S/C10H24N4/c1-9(2)8-14(10(11)12-3)7-6-13(4)5/h9H,6-8H2,1-5H3,(H2,11,12). The van der Waals surface area contributed by atoms with Gasteiger partial charge in [0.1, 0.15) is 0 Å². The number of aliphatic imine (C=N–C) groups is 1. The lowest BCUT2D eigenvalue weighted by atomic mass is 10.2. The molecule has 0 aromatic carbocycles. The Morgan fingerprint density at radius 3 is 2.21 bits per heavy atom. The van der Waals surface area contributed by atoms with Gasteiger partial charge in [-0.25, -0.2) is 0 Å². The molecular weight excluding hydrogens is 176 g/mol. The molecule has 4 heteroatoms. The second-order valence-corrected chi connectivity index (χ2v) is 4.22. The van der Waals surface area contributed by atoms with Crippen LogP contribution >= 0.6 is 0 Å². The minimum Gasteiger partial charge on any atom is -0.370 e. The quantitative estimate of drug-likeness (QED) is 0.518. The van der Waals surface area contributed by atoms with Gasteiger partial charge in [-0.05, 0) is 20.0 Å². The number of likely N-dealkylation sites (N-methyl/N-ethyl adjacent to an activating group) is 1. The van der Waals surface area contributed by atoms with Gasteiger partial charge in [0, 0.05) is 26.7 Å². The minimum absolute atomic E-state index is 0.609. The van der Waals surface area contributed by atoms with Crippen LogP contribution < -0.4 is 5.73 Å². The number of hydrogen-bond acceptors (Lipinski definition) is 2. The highest BCUT2D eigenvalue weighted by Gasteiger charge is 2.09. The molecule has 0 aromatic heterocycles. The van der Waals surface area contributed by atoms with Gasteiger partial charge < -0.3 is 15.5 Å². The van der Waals surface area contributed by atoms with Crippen molar-refractivity contribution in [1.29, 1.82) is 0 Å². The highest BCUT2D eigenvalue weighted by atomic mass is 15.3. The number of nitrogens with zero attached hydrogens (tertiary/aromatic N) is 3. The van der Waals surface area contributed by atoms with E-state index < -0.39 is 0 Å². The third kappa shape index (κ3) is 5.80. The van der Waals surface area contributed by atoms with Gasteiger partial charge in [-0.1, -0.05) is 13.8 Å². The van der Waals surface area contributed by atoms with E-state index in [-0.39, 0.29) is 0 Å². The molecule has 0 aliphatic carbocycles. The van der Waals surface area contributed by atoms with Crippen molar-refractivity contribution in [2.75, 3.05) is 40.8 Å². The summed E-state index contributed by atoms with van der Waals surface area (Å²) in [5, 5.41) is 0. The predicted molar refractivity (Wildman–Crippen MR) is 62.5 cm³/mol. The smallest absolute Gasteiger partial charge is 0.191 e. The molecule has 2 N–H and O–H groups in total. The Hall–Kier alpha value is -0.770. The summed E-state index contributed by atoms with van der Waals surface area (Å²) >= 11 is 0. The van der Waals surface area contributed by atoms with Gasteiger partial charge in [0.2, 0.25) is 0 Å². The molecule has 0 rings (SSSR count). The van der Waals surface area contributed by atoms with Gasteiger partial charge in [0.05, 0.1) is 0 Å². The maximum atomic E-state index is 5.81. The molecular formula is C10H24N4. The topological polar surface area (TPSA) is 44.9 Å². The van der Waals surface area contributed by atoms with Crippen LogP contribution in [0.4, 0.5) is 0 Å². The fourth-order valence-corrected chi connectivity index (χ4v) is 1.20. The van der Waals surface area contributed by atoms with Gasteiger partial charge >= 0.3 is 0 Å². The van der Waals surface area contributed by atoms with E-state index in [0.717, 1.165) is 19.6 Å². The Labute approximate surface area is 87.8 Å². The lowest BCUT2D eigenvalue weighted by Crippen LogP contribution is -2.43. The Morgan fingerprint density at radius 2 is 1.86 bits per heavy atom. The zero-order valence-electron chi connectivity index (χ0n) is 10.1. The maximum absolute atomic E-state index is 5.81.